The monoisotopic (exact) mass is 312 g/mol. The molecule has 3 N–H and O–H groups in total. The third-order valence-electron chi connectivity index (χ3n) is 3.83. The minimum Gasteiger partial charge on any atom is -0.486 e. The molecule has 0 radical (unpaired) electrons. The second-order valence-electron chi connectivity index (χ2n) is 5.44. The van der Waals surface area contributed by atoms with Gasteiger partial charge in [-0.15, -0.1) is 0 Å². The van der Waals surface area contributed by atoms with Crippen molar-refractivity contribution in [1.29, 1.82) is 0 Å². The lowest BCUT2D eigenvalue weighted by Crippen LogP contribution is -2.43. The van der Waals surface area contributed by atoms with E-state index in [4.69, 9.17) is 15.2 Å². The number of para-hydroxylation sites is 2. The number of nitrogens with two attached hydrogens (primary N) is 1. The second-order valence-corrected chi connectivity index (χ2v) is 5.44. The highest BCUT2D eigenvalue weighted by molar-refractivity contribution is 5.83. The maximum atomic E-state index is 12.4. The average Bonchev–Trinajstić information content (AvgIpc) is 2.61. The highest BCUT2D eigenvalue weighted by Gasteiger charge is 2.23. The van der Waals surface area contributed by atoms with E-state index in [1.54, 1.807) is 0 Å². The fourth-order valence-electron chi connectivity index (χ4n) is 2.58. The molecule has 0 saturated heterocycles. The van der Waals surface area contributed by atoms with Crippen LogP contribution in [0.4, 0.5) is 0 Å². The Hall–Kier alpha value is -2.53. The minimum atomic E-state index is -0.354. The van der Waals surface area contributed by atoms with Gasteiger partial charge in [0, 0.05) is 6.54 Å². The van der Waals surface area contributed by atoms with Crippen molar-refractivity contribution in [2.45, 2.75) is 12.0 Å². The third-order valence-corrected chi connectivity index (χ3v) is 3.83. The molecular weight excluding hydrogens is 292 g/mol. The zero-order chi connectivity index (χ0) is 16.1. The van der Waals surface area contributed by atoms with Crippen molar-refractivity contribution in [1.82, 2.24) is 5.32 Å². The van der Waals surface area contributed by atoms with Gasteiger partial charge in [0.2, 0.25) is 5.91 Å². The maximum absolute atomic E-state index is 12.4. The highest BCUT2D eigenvalue weighted by Crippen LogP contribution is 2.30. The largest absolute Gasteiger partial charge is 0.486 e. The van der Waals surface area contributed by atoms with E-state index >= 15 is 0 Å². The van der Waals surface area contributed by atoms with E-state index < -0.39 is 0 Å². The van der Waals surface area contributed by atoms with Crippen LogP contribution >= 0.6 is 0 Å². The first kappa shape index (κ1) is 15.4. The number of nitrogens with one attached hydrogen (secondary N) is 1. The van der Waals surface area contributed by atoms with Crippen LogP contribution in [0.2, 0.25) is 0 Å². The fraction of sp³-hybridized carbons (Fsp3) is 0.278. The predicted molar refractivity (Wildman–Crippen MR) is 87.6 cm³/mol. The van der Waals surface area contributed by atoms with Crippen LogP contribution in [-0.2, 0) is 4.79 Å². The highest BCUT2D eigenvalue weighted by atomic mass is 16.6. The minimum absolute atomic E-state index is 0.0961. The first-order chi connectivity index (χ1) is 11.3. The molecule has 0 saturated carbocycles. The Morgan fingerprint density at radius 3 is 2.57 bits per heavy atom. The van der Waals surface area contributed by atoms with Gasteiger partial charge < -0.3 is 20.5 Å². The Kier molecular flexibility index (Phi) is 4.78. The van der Waals surface area contributed by atoms with Gasteiger partial charge >= 0.3 is 0 Å². The number of hydrogen-bond acceptors (Lipinski definition) is 4. The summed E-state index contributed by atoms with van der Waals surface area (Å²) in [6, 6.07) is 17.1. The van der Waals surface area contributed by atoms with Crippen LogP contribution in [0, 0.1) is 0 Å². The quantitative estimate of drug-likeness (QED) is 0.881. The first-order valence-electron chi connectivity index (χ1n) is 7.69. The molecule has 2 atom stereocenters. The molecule has 1 aliphatic heterocycles. The molecule has 120 valence electrons. The fourth-order valence-corrected chi connectivity index (χ4v) is 2.58. The van der Waals surface area contributed by atoms with Crippen LogP contribution in [-0.4, -0.2) is 31.7 Å². The Bertz CT molecular complexity index is 660. The molecule has 2 aromatic rings. The SMILES string of the molecule is NCC(C(=O)NCC1COc2ccccc2O1)c1ccccc1. The summed E-state index contributed by atoms with van der Waals surface area (Å²) in [7, 11) is 0. The van der Waals surface area contributed by atoms with E-state index in [9.17, 15) is 4.79 Å². The van der Waals surface area contributed by atoms with Crippen molar-refractivity contribution >= 4 is 5.91 Å². The van der Waals surface area contributed by atoms with Gasteiger partial charge in [-0.3, -0.25) is 4.79 Å². The lowest BCUT2D eigenvalue weighted by atomic mass is 9.98. The number of fused-ring (bicyclic) bond motifs is 1. The van der Waals surface area contributed by atoms with Gasteiger partial charge in [0.15, 0.2) is 11.5 Å². The summed E-state index contributed by atoms with van der Waals surface area (Å²) in [5, 5.41) is 2.91. The molecule has 5 heteroatoms. The lowest BCUT2D eigenvalue weighted by molar-refractivity contribution is -0.122. The molecular formula is C18H20N2O3. The molecule has 2 unspecified atom stereocenters. The number of ether oxygens (including phenoxy) is 2. The van der Waals surface area contributed by atoms with Crippen molar-refractivity contribution in [3.8, 4) is 11.5 Å². The molecule has 1 amide bonds. The van der Waals surface area contributed by atoms with Gasteiger partial charge in [-0.1, -0.05) is 42.5 Å². The number of carbonyl (C=O) groups excluding carboxylic acids is 1. The predicted octanol–water partition coefficient (Wildman–Crippen LogP) is 1.69. The Balaban J connectivity index is 1.57. The number of carbonyl (C=O) groups is 1. The van der Waals surface area contributed by atoms with Crippen LogP contribution in [0.15, 0.2) is 54.6 Å². The second kappa shape index (κ2) is 7.15. The van der Waals surface area contributed by atoms with E-state index in [1.165, 1.54) is 0 Å². The molecule has 1 heterocycles. The van der Waals surface area contributed by atoms with E-state index in [1.807, 2.05) is 54.6 Å². The number of amides is 1. The molecule has 5 nitrogen and oxygen atoms in total. The van der Waals surface area contributed by atoms with E-state index in [0.717, 1.165) is 11.3 Å². The van der Waals surface area contributed by atoms with Crippen LogP contribution < -0.4 is 20.5 Å². The van der Waals surface area contributed by atoms with Crippen LogP contribution in [0.1, 0.15) is 11.5 Å². The molecule has 0 aliphatic carbocycles. The number of hydrogen-bond donors (Lipinski definition) is 2. The smallest absolute Gasteiger partial charge is 0.228 e. The molecule has 0 aromatic heterocycles. The van der Waals surface area contributed by atoms with Crippen LogP contribution in [0.25, 0.3) is 0 Å². The lowest BCUT2D eigenvalue weighted by Gasteiger charge is -2.27. The molecule has 3 rings (SSSR count). The summed E-state index contributed by atoms with van der Waals surface area (Å²) in [4.78, 5) is 12.4. The summed E-state index contributed by atoms with van der Waals surface area (Å²) < 4.78 is 11.5. The number of benzene rings is 2. The summed E-state index contributed by atoms with van der Waals surface area (Å²) >= 11 is 0. The van der Waals surface area contributed by atoms with Crippen molar-refractivity contribution < 1.29 is 14.3 Å². The van der Waals surface area contributed by atoms with E-state index in [0.29, 0.717) is 18.9 Å². The third kappa shape index (κ3) is 3.63. The summed E-state index contributed by atoms with van der Waals surface area (Å²) in [6.45, 7) is 1.06. The van der Waals surface area contributed by atoms with Gasteiger partial charge in [0.25, 0.3) is 0 Å². The molecule has 0 bridgehead atoms. The molecule has 0 fully saturated rings. The van der Waals surface area contributed by atoms with E-state index in [2.05, 4.69) is 5.32 Å². The van der Waals surface area contributed by atoms with Crippen molar-refractivity contribution in [2.24, 2.45) is 5.73 Å². The van der Waals surface area contributed by atoms with Gasteiger partial charge in [-0.05, 0) is 17.7 Å². The molecule has 1 aliphatic rings. The van der Waals surface area contributed by atoms with Gasteiger partial charge in [0.05, 0.1) is 12.5 Å². The van der Waals surface area contributed by atoms with Crippen molar-refractivity contribution in [3.05, 3.63) is 60.2 Å². The van der Waals surface area contributed by atoms with Crippen molar-refractivity contribution in [2.75, 3.05) is 19.7 Å². The number of rotatable bonds is 5. The molecule has 2 aromatic carbocycles. The van der Waals surface area contributed by atoms with Crippen molar-refractivity contribution in [3.63, 3.8) is 0 Å². The Labute approximate surface area is 135 Å². The average molecular weight is 312 g/mol. The topological polar surface area (TPSA) is 73.6 Å². The standard InChI is InChI=1S/C18H20N2O3/c19-10-15(13-6-2-1-3-7-13)18(21)20-11-14-12-22-16-8-4-5-9-17(16)23-14/h1-9,14-15H,10-12,19H2,(H,20,21). The first-order valence-corrected chi connectivity index (χ1v) is 7.69. The van der Waals surface area contributed by atoms with E-state index in [-0.39, 0.29) is 24.5 Å². The zero-order valence-corrected chi connectivity index (χ0v) is 12.8. The normalized spacial score (nSPS) is 17.3. The Morgan fingerprint density at radius 2 is 1.83 bits per heavy atom. The summed E-state index contributed by atoms with van der Waals surface area (Å²) in [6.07, 6.45) is -0.206. The van der Waals surface area contributed by atoms with Crippen LogP contribution in [0.3, 0.4) is 0 Å². The van der Waals surface area contributed by atoms with Crippen LogP contribution in [0.5, 0.6) is 11.5 Å². The van der Waals surface area contributed by atoms with Gasteiger partial charge in [-0.25, -0.2) is 0 Å². The summed E-state index contributed by atoms with van der Waals surface area (Å²) in [5.74, 6) is 0.991. The van der Waals surface area contributed by atoms with Gasteiger partial charge in [0.1, 0.15) is 12.7 Å². The summed E-state index contributed by atoms with van der Waals surface area (Å²) in [5.41, 5.74) is 6.68. The zero-order valence-electron chi connectivity index (χ0n) is 12.8. The Morgan fingerprint density at radius 1 is 1.13 bits per heavy atom. The molecule has 0 spiro atoms. The van der Waals surface area contributed by atoms with Gasteiger partial charge in [-0.2, -0.15) is 0 Å². The molecule has 23 heavy (non-hydrogen) atoms. The maximum Gasteiger partial charge on any atom is 0.228 e.